The number of amides is 2. The van der Waals surface area contributed by atoms with Crippen LogP contribution in [0.25, 0.3) is 22.2 Å². The molecule has 0 radical (unpaired) electrons. The molecule has 0 spiro atoms. The van der Waals surface area contributed by atoms with Gasteiger partial charge in [-0.1, -0.05) is 66.0 Å². The largest absolute Gasteiger partial charge is 0.431 e. The quantitative estimate of drug-likeness (QED) is 0.207. The van der Waals surface area contributed by atoms with E-state index in [2.05, 4.69) is 20.6 Å². The lowest BCUT2D eigenvalue weighted by Gasteiger charge is -2.21. The van der Waals surface area contributed by atoms with Gasteiger partial charge < -0.3 is 19.5 Å². The minimum Gasteiger partial charge on any atom is -0.431 e. The van der Waals surface area contributed by atoms with Gasteiger partial charge >= 0.3 is 0 Å². The average Bonchev–Trinajstić information content (AvgIpc) is 3.49. The minimum absolute atomic E-state index is 0.0364. The summed E-state index contributed by atoms with van der Waals surface area (Å²) in [5.41, 5.74) is 2.75. The molecule has 0 atom stereocenters. The van der Waals surface area contributed by atoms with Crippen LogP contribution < -0.4 is 10.6 Å². The Morgan fingerprint density at radius 1 is 0.750 bits per heavy atom. The Morgan fingerprint density at radius 2 is 1.22 bits per heavy atom. The number of hydrogen-bond acceptors (Lipinski definition) is 8. The smallest absolute Gasteiger partial charge is 0.257 e. The van der Waals surface area contributed by atoms with E-state index >= 15 is 0 Å². The molecule has 36 heavy (non-hydrogen) atoms. The highest BCUT2D eigenvalue weighted by Gasteiger charge is 2.21. The van der Waals surface area contributed by atoms with E-state index in [1.165, 1.54) is 18.2 Å². The first-order chi connectivity index (χ1) is 17.5. The third-order valence-electron chi connectivity index (χ3n) is 5.03. The Morgan fingerprint density at radius 3 is 1.72 bits per heavy atom. The van der Waals surface area contributed by atoms with E-state index in [0.717, 1.165) is 23.5 Å². The summed E-state index contributed by atoms with van der Waals surface area (Å²) in [6, 6.07) is 20.5. The van der Waals surface area contributed by atoms with Crippen molar-refractivity contribution in [3.05, 3.63) is 84.2 Å². The van der Waals surface area contributed by atoms with E-state index in [-0.39, 0.29) is 17.1 Å². The lowest BCUT2D eigenvalue weighted by molar-refractivity contribution is -0.121. The summed E-state index contributed by atoms with van der Waals surface area (Å²) in [4.78, 5) is 34.0. The molecule has 2 heterocycles. The molecule has 2 amide bonds. The highest BCUT2D eigenvalue weighted by Crippen LogP contribution is 2.25. The van der Waals surface area contributed by atoms with E-state index in [1.807, 2.05) is 36.4 Å². The fourth-order valence-corrected chi connectivity index (χ4v) is 4.69. The zero-order valence-corrected chi connectivity index (χ0v) is 20.3. The number of benzene rings is 3. The summed E-state index contributed by atoms with van der Waals surface area (Å²) >= 11 is 2.21. The van der Waals surface area contributed by atoms with Crippen molar-refractivity contribution in [1.29, 1.82) is 0 Å². The van der Waals surface area contributed by atoms with Gasteiger partial charge in [0.05, 0.1) is 11.5 Å². The van der Waals surface area contributed by atoms with Crippen LogP contribution in [0.1, 0.15) is 11.7 Å². The monoisotopic (exact) mass is 522 g/mol. The third kappa shape index (κ3) is 5.69. The van der Waals surface area contributed by atoms with Crippen LogP contribution in [0.15, 0.2) is 92.1 Å². The molecule has 5 rings (SSSR count). The van der Waals surface area contributed by atoms with Gasteiger partial charge in [0.15, 0.2) is 11.2 Å². The van der Waals surface area contributed by atoms with Gasteiger partial charge in [-0.2, -0.15) is 0 Å². The Labute approximate surface area is 213 Å². The van der Waals surface area contributed by atoms with Crippen LogP contribution >= 0.6 is 23.5 Å². The van der Waals surface area contributed by atoms with Crippen molar-refractivity contribution in [2.24, 2.45) is 0 Å². The Kier molecular flexibility index (Phi) is 7.19. The Bertz CT molecular complexity index is 1380. The zero-order chi connectivity index (χ0) is 24.9. The number of nitrogens with one attached hydrogen (secondary N) is 2. The molecule has 182 valence electrons. The lowest BCUT2D eigenvalue weighted by atomic mass is 10.1. The minimum atomic E-state index is -1.07. The standard InChI is InChI=1S/C25H19FN4O4S2/c26-16-8-2-1-7-15(16)23(29-21(31)13-35-24-27-17-9-3-5-11-19(17)33-24)30-22(32)14-36-25-28-18-10-4-6-12-20(18)34-25/h1-12,23H,13-14H2,(H,29,31)(H,30,32). The Hall–Kier alpha value is -3.83. The van der Waals surface area contributed by atoms with Crippen LogP contribution in [0.4, 0.5) is 4.39 Å². The topological polar surface area (TPSA) is 110 Å². The second-order valence-corrected chi connectivity index (χ2v) is 9.42. The van der Waals surface area contributed by atoms with Gasteiger partial charge in [0.2, 0.25) is 11.8 Å². The van der Waals surface area contributed by atoms with Crippen LogP contribution in [0, 0.1) is 5.82 Å². The number of nitrogens with zero attached hydrogens (tertiary/aromatic N) is 2. The number of carbonyl (C=O) groups excluding carboxylic acids is 2. The molecule has 0 bridgehead atoms. The van der Waals surface area contributed by atoms with Gasteiger partial charge in [-0.15, -0.1) is 0 Å². The molecule has 0 unspecified atom stereocenters. The molecule has 8 nitrogen and oxygen atoms in total. The summed E-state index contributed by atoms with van der Waals surface area (Å²) in [6.45, 7) is 0. The van der Waals surface area contributed by atoms with Crippen LogP contribution in [0.3, 0.4) is 0 Å². The van der Waals surface area contributed by atoms with E-state index in [0.29, 0.717) is 32.6 Å². The molecule has 11 heteroatoms. The lowest BCUT2D eigenvalue weighted by Crippen LogP contribution is -2.42. The maximum Gasteiger partial charge on any atom is 0.257 e. The van der Waals surface area contributed by atoms with Crippen LogP contribution in [-0.4, -0.2) is 33.3 Å². The molecule has 0 aliphatic rings. The molecular weight excluding hydrogens is 503 g/mol. The first kappa shape index (κ1) is 23.9. The van der Waals surface area contributed by atoms with E-state index in [1.54, 1.807) is 18.2 Å². The maximum atomic E-state index is 14.5. The summed E-state index contributed by atoms with van der Waals surface area (Å²) in [5, 5.41) is 6.04. The fraction of sp³-hybridized carbons (Fsp3) is 0.120. The summed E-state index contributed by atoms with van der Waals surface area (Å²) in [5.74, 6) is -1.48. The SMILES string of the molecule is O=C(CSc1nc2ccccc2o1)NC(NC(=O)CSc1nc2ccccc2o1)c1ccccc1F. The van der Waals surface area contributed by atoms with E-state index in [9.17, 15) is 14.0 Å². The fourth-order valence-electron chi connectivity index (χ4n) is 3.39. The van der Waals surface area contributed by atoms with Gasteiger partial charge in [-0.05, 0) is 30.3 Å². The van der Waals surface area contributed by atoms with Gasteiger partial charge in [0.1, 0.15) is 23.0 Å². The van der Waals surface area contributed by atoms with Crippen LogP contribution in [0.5, 0.6) is 0 Å². The predicted octanol–water partition coefficient (Wildman–Crippen LogP) is 4.92. The van der Waals surface area contributed by atoms with Crippen LogP contribution in [0.2, 0.25) is 0 Å². The number of oxazole rings is 2. The molecular formula is C25H19FN4O4S2. The van der Waals surface area contributed by atoms with Gasteiger partial charge in [-0.3, -0.25) is 9.59 Å². The van der Waals surface area contributed by atoms with Crippen LogP contribution in [-0.2, 0) is 9.59 Å². The number of halogens is 1. The number of thioether (sulfide) groups is 2. The van der Waals surface area contributed by atoms with E-state index in [4.69, 9.17) is 8.83 Å². The van der Waals surface area contributed by atoms with Crippen molar-refractivity contribution < 1.29 is 22.8 Å². The van der Waals surface area contributed by atoms with Crippen molar-refractivity contribution in [1.82, 2.24) is 20.6 Å². The molecule has 0 fully saturated rings. The molecule has 0 saturated heterocycles. The third-order valence-corrected chi connectivity index (χ3v) is 6.69. The first-order valence-corrected chi connectivity index (χ1v) is 12.8. The molecule has 0 aliphatic heterocycles. The van der Waals surface area contributed by atoms with Gasteiger partial charge in [0, 0.05) is 5.56 Å². The van der Waals surface area contributed by atoms with Crippen molar-refractivity contribution >= 4 is 57.5 Å². The molecule has 3 aromatic carbocycles. The molecule has 0 aliphatic carbocycles. The van der Waals surface area contributed by atoms with Crippen molar-refractivity contribution in [2.75, 3.05) is 11.5 Å². The van der Waals surface area contributed by atoms with Crippen molar-refractivity contribution in [3.63, 3.8) is 0 Å². The number of aromatic nitrogens is 2. The van der Waals surface area contributed by atoms with Gasteiger partial charge in [-0.25, -0.2) is 14.4 Å². The van der Waals surface area contributed by atoms with Crippen molar-refractivity contribution in [3.8, 4) is 0 Å². The average molecular weight is 523 g/mol. The summed E-state index contributed by atoms with van der Waals surface area (Å²) in [7, 11) is 0. The molecule has 0 saturated carbocycles. The van der Waals surface area contributed by atoms with E-state index < -0.39 is 23.8 Å². The zero-order valence-electron chi connectivity index (χ0n) is 18.6. The summed E-state index contributed by atoms with van der Waals surface area (Å²) < 4.78 is 25.7. The molecule has 5 aromatic rings. The predicted molar refractivity (Wildman–Crippen MR) is 135 cm³/mol. The van der Waals surface area contributed by atoms with Crippen molar-refractivity contribution in [2.45, 2.75) is 16.6 Å². The maximum absolute atomic E-state index is 14.5. The summed E-state index contributed by atoms with van der Waals surface area (Å²) in [6.07, 6.45) is -1.07. The second kappa shape index (κ2) is 10.8. The van der Waals surface area contributed by atoms with Gasteiger partial charge in [0.25, 0.3) is 10.4 Å². The number of para-hydroxylation sites is 4. The number of rotatable bonds is 9. The number of hydrogen-bond donors (Lipinski definition) is 2. The highest BCUT2D eigenvalue weighted by atomic mass is 32.2. The number of carbonyl (C=O) groups is 2. The second-order valence-electron chi connectivity index (χ2n) is 7.56. The Balaban J connectivity index is 1.22. The number of fused-ring (bicyclic) bond motifs is 2. The first-order valence-electron chi connectivity index (χ1n) is 10.8. The normalized spacial score (nSPS) is 11.3. The highest BCUT2D eigenvalue weighted by molar-refractivity contribution is 8.00. The molecule has 2 aromatic heterocycles. The molecule has 2 N–H and O–H groups in total.